The minimum Gasteiger partial charge on any atom is -0.481 e. The van der Waals surface area contributed by atoms with E-state index in [-0.39, 0.29) is 0 Å². The summed E-state index contributed by atoms with van der Waals surface area (Å²) in [5, 5.41) is 15.3. The van der Waals surface area contributed by atoms with E-state index in [1.807, 2.05) is 31.6 Å². The Morgan fingerprint density at radius 1 is 1.26 bits per heavy atom. The second kappa shape index (κ2) is 9.76. The topological polar surface area (TPSA) is 77.6 Å². The van der Waals surface area contributed by atoms with Crippen molar-refractivity contribution in [2.24, 2.45) is 5.92 Å². The number of aryl methyl sites for hydroxylation is 1. The van der Waals surface area contributed by atoms with Gasteiger partial charge in [0, 0.05) is 55.1 Å². The molecule has 0 radical (unpaired) electrons. The molecule has 8 nitrogen and oxygen atoms in total. The van der Waals surface area contributed by atoms with E-state index in [2.05, 4.69) is 39.0 Å². The summed E-state index contributed by atoms with van der Waals surface area (Å²) in [5.41, 5.74) is 5.94. The highest BCUT2D eigenvalue weighted by atomic mass is 16.5. The van der Waals surface area contributed by atoms with Gasteiger partial charge < -0.3 is 24.0 Å². The molecule has 35 heavy (non-hydrogen) atoms. The van der Waals surface area contributed by atoms with Gasteiger partial charge in [0.05, 0.1) is 49.2 Å². The van der Waals surface area contributed by atoms with Crippen LogP contribution < -0.4 is 4.74 Å². The first-order valence-corrected chi connectivity index (χ1v) is 12.6. The predicted molar refractivity (Wildman–Crippen MR) is 135 cm³/mol. The molecule has 5 heterocycles. The molecule has 0 bridgehead atoms. The number of hydrogen-bond donors (Lipinski definition) is 1. The van der Waals surface area contributed by atoms with Crippen LogP contribution >= 0.6 is 0 Å². The van der Waals surface area contributed by atoms with Crippen molar-refractivity contribution in [2.75, 3.05) is 40.0 Å². The quantitative estimate of drug-likeness (QED) is 0.561. The third-order valence-electron chi connectivity index (χ3n) is 7.00. The van der Waals surface area contributed by atoms with E-state index in [4.69, 9.17) is 14.6 Å². The molecule has 1 atom stereocenters. The molecule has 0 aromatic carbocycles. The van der Waals surface area contributed by atoms with Crippen LogP contribution in [0.5, 0.6) is 5.88 Å². The fourth-order valence-corrected chi connectivity index (χ4v) is 5.52. The number of rotatable bonds is 7. The normalized spacial score (nSPS) is 19.1. The number of pyridine rings is 1. The van der Waals surface area contributed by atoms with E-state index in [1.54, 1.807) is 7.11 Å². The van der Waals surface area contributed by atoms with Crippen molar-refractivity contribution in [3.05, 3.63) is 47.5 Å². The summed E-state index contributed by atoms with van der Waals surface area (Å²) < 4.78 is 15.5. The smallest absolute Gasteiger partial charge is 0.216 e. The van der Waals surface area contributed by atoms with Crippen molar-refractivity contribution >= 4 is 0 Å². The molecule has 1 N–H and O–H groups in total. The Bertz CT molecular complexity index is 1180. The average molecular weight is 480 g/mol. The lowest BCUT2D eigenvalue weighted by Crippen LogP contribution is -2.37. The van der Waals surface area contributed by atoms with Gasteiger partial charge in [0.1, 0.15) is 0 Å². The summed E-state index contributed by atoms with van der Waals surface area (Å²) in [6.07, 6.45) is 9.08. The molecule has 188 valence electrons. The van der Waals surface area contributed by atoms with Crippen molar-refractivity contribution in [3.8, 4) is 22.8 Å². The van der Waals surface area contributed by atoms with E-state index in [0.29, 0.717) is 25.0 Å². The van der Waals surface area contributed by atoms with Gasteiger partial charge >= 0.3 is 0 Å². The lowest BCUT2D eigenvalue weighted by Gasteiger charge is -2.25. The Morgan fingerprint density at radius 2 is 2.09 bits per heavy atom. The monoisotopic (exact) mass is 479 g/mol. The van der Waals surface area contributed by atoms with E-state index < -0.39 is 5.60 Å². The number of aromatic nitrogens is 4. The average Bonchev–Trinajstić information content (AvgIpc) is 3.48. The molecule has 0 aliphatic carbocycles. The highest BCUT2D eigenvalue weighted by Gasteiger charge is 2.27. The molecule has 3 aromatic rings. The summed E-state index contributed by atoms with van der Waals surface area (Å²) in [6.45, 7) is 11.0. The zero-order valence-electron chi connectivity index (χ0n) is 21.3. The Labute approximate surface area is 207 Å². The second-order valence-electron chi connectivity index (χ2n) is 10.6. The first kappa shape index (κ1) is 24.0. The van der Waals surface area contributed by atoms with Crippen molar-refractivity contribution < 1.29 is 14.6 Å². The van der Waals surface area contributed by atoms with Crippen LogP contribution in [0.2, 0.25) is 0 Å². The first-order chi connectivity index (χ1) is 16.8. The van der Waals surface area contributed by atoms with Gasteiger partial charge in [-0.05, 0) is 58.2 Å². The van der Waals surface area contributed by atoms with Crippen LogP contribution in [0.25, 0.3) is 16.9 Å². The van der Waals surface area contributed by atoms with Gasteiger partial charge in [0.25, 0.3) is 0 Å². The molecule has 0 spiro atoms. The number of methoxy groups -OCH3 is 1. The maximum atomic E-state index is 10.2. The van der Waals surface area contributed by atoms with Crippen LogP contribution in [-0.2, 0) is 24.1 Å². The Morgan fingerprint density at radius 3 is 2.86 bits per heavy atom. The molecular weight excluding hydrogens is 442 g/mol. The van der Waals surface area contributed by atoms with Crippen LogP contribution in [0.3, 0.4) is 0 Å². The second-order valence-corrected chi connectivity index (χ2v) is 10.6. The van der Waals surface area contributed by atoms with Crippen molar-refractivity contribution in [1.82, 2.24) is 24.2 Å². The number of aliphatic hydroxyl groups is 1. The summed E-state index contributed by atoms with van der Waals surface area (Å²) in [4.78, 5) is 6.86. The van der Waals surface area contributed by atoms with Crippen molar-refractivity contribution in [1.29, 1.82) is 0 Å². The lowest BCUT2D eigenvalue weighted by atomic mass is 10.0. The Hall–Kier alpha value is -2.68. The number of nitrogens with zero attached hydrogens (tertiary/aromatic N) is 5. The van der Waals surface area contributed by atoms with Gasteiger partial charge in [-0.1, -0.05) is 0 Å². The SMILES string of the molecule is COc1ncc(-n2nc(-c3ccn(CC4CCN(CC(C)(C)O)C4)c3)c3c2CCOCC3)cc1C. The van der Waals surface area contributed by atoms with E-state index in [0.717, 1.165) is 67.9 Å². The molecule has 0 saturated carbocycles. The maximum Gasteiger partial charge on any atom is 0.216 e. The third kappa shape index (κ3) is 5.29. The predicted octanol–water partition coefficient (Wildman–Crippen LogP) is 3.26. The number of fused-ring (bicyclic) bond motifs is 1. The highest BCUT2D eigenvalue weighted by Crippen LogP contribution is 2.31. The molecule has 1 unspecified atom stereocenters. The lowest BCUT2D eigenvalue weighted by molar-refractivity contribution is 0.0426. The molecule has 2 aliphatic rings. The molecule has 3 aromatic heterocycles. The fourth-order valence-electron chi connectivity index (χ4n) is 5.52. The molecule has 1 fully saturated rings. The van der Waals surface area contributed by atoms with Gasteiger partial charge in [-0.2, -0.15) is 5.10 Å². The largest absolute Gasteiger partial charge is 0.481 e. The van der Waals surface area contributed by atoms with Crippen LogP contribution in [0.15, 0.2) is 30.7 Å². The molecule has 1 saturated heterocycles. The van der Waals surface area contributed by atoms with Gasteiger partial charge in [0.2, 0.25) is 5.88 Å². The van der Waals surface area contributed by atoms with Crippen LogP contribution in [0, 0.1) is 12.8 Å². The third-order valence-corrected chi connectivity index (χ3v) is 7.00. The molecule has 8 heteroatoms. The molecule has 0 amide bonds. The van der Waals surface area contributed by atoms with Crippen molar-refractivity contribution in [3.63, 3.8) is 0 Å². The summed E-state index contributed by atoms with van der Waals surface area (Å²) in [6, 6.07) is 4.26. The zero-order chi connectivity index (χ0) is 24.6. The standard InChI is InChI=1S/C27H37N5O3/c1-19-13-22(14-28-26(19)34-4)32-24-8-12-35-11-7-23(24)25(29-32)21-6-10-30(17-21)15-20-5-9-31(16-20)18-27(2,3)33/h6,10,13-14,17,20,33H,5,7-9,11-12,15-16,18H2,1-4H3. The first-order valence-electron chi connectivity index (χ1n) is 12.6. The Kier molecular flexibility index (Phi) is 6.70. The summed E-state index contributed by atoms with van der Waals surface area (Å²) in [5.74, 6) is 1.23. The van der Waals surface area contributed by atoms with Crippen LogP contribution in [-0.4, -0.2) is 74.9 Å². The number of ether oxygens (including phenoxy) is 2. The van der Waals surface area contributed by atoms with Gasteiger partial charge in [-0.25, -0.2) is 9.67 Å². The van der Waals surface area contributed by atoms with E-state index >= 15 is 0 Å². The maximum absolute atomic E-state index is 10.2. The molecular formula is C27H37N5O3. The van der Waals surface area contributed by atoms with E-state index in [9.17, 15) is 5.11 Å². The van der Waals surface area contributed by atoms with Gasteiger partial charge in [-0.15, -0.1) is 0 Å². The molecule has 2 aliphatic heterocycles. The Balaban J connectivity index is 1.39. The van der Waals surface area contributed by atoms with E-state index in [1.165, 1.54) is 11.3 Å². The molecule has 5 rings (SSSR count). The van der Waals surface area contributed by atoms with Gasteiger partial charge in [-0.3, -0.25) is 0 Å². The zero-order valence-corrected chi connectivity index (χ0v) is 21.3. The number of likely N-dealkylation sites (tertiary alicyclic amines) is 1. The minimum absolute atomic E-state index is 0.592. The van der Waals surface area contributed by atoms with Crippen molar-refractivity contribution in [2.45, 2.75) is 52.2 Å². The minimum atomic E-state index is -0.645. The van der Waals surface area contributed by atoms with Gasteiger partial charge in [0.15, 0.2) is 0 Å². The number of β-amino-alcohol motifs (C(OH)–C–C–N with tert-alkyl or cyclic N) is 1. The fraction of sp³-hybridized carbons (Fsp3) is 0.556. The number of hydrogen-bond acceptors (Lipinski definition) is 6. The highest BCUT2D eigenvalue weighted by molar-refractivity contribution is 5.65. The summed E-state index contributed by atoms with van der Waals surface area (Å²) in [7, 11) is 1.64. The summed E-state index contributed by atoms with van der Waals surface area (Å²) >= 11 is 0. The van der Waals surface area contributed by atoms with Crippen LogP contribution in [0.4, 0.5) is 0 Å². The van der Waals surface area contributed by atoms with Crippen LogP contribution in [0.1, 0.15) is 37.1 Å².